The standard InChI is InChI=1S/C16H14BrFN2/c17-14-8-5-12(9-15(14)18)16(19)20-13-6-3-11(4-7-13)10-1-2-10/h3-10H,1-2H2,(H2,19,20). The number of halogens is 2. The van der Waals surface area contributed by atoms with E-state index in [4.69, 9.17) is 5.41 Å². The average molecular weight is 333 g/mol. The van der Waals surface area contributed by atoms with Crippen molar-refractivity contribution < 1.29 is 4.39 Å². The Hall–Kier alpha value is -1.68. The topological polar surface area (TPSA) is 35.9 Å². The van der Waals surface area contributed by atoms with Crippen molar-refractivity contribution in [2.75, 3.05) is 5.32 Å². The second kappa shape index (κ2) is 5.37. The molecule has 0 aromatic heterocycles. The Bertz CT molecular complexity index is 648. The minimum absolute atomic E-state index is 0.190. The summed E-state index contributed by atoms with van der Waals surface area (Å²) in [6.45, 7) is 0. The van der Waals surface area contributed by atoms with Gasteiger partial charge in [-0.05, 0) is 70.6 Å². The second-order valence-corrected chi connectivity index (χ2v) is 5.88. The summed E-state index contributed by atoms with van der Waals surface area (Å²) in [6, 6.07) is 12.8. The summed E-state index contributed by atoms with van der Waals surface area (Å²) in [4.78, 5) is 0. The van der Waals surface area contributed by atoms with Crippen molar-refractivity contribution in [3.63, 3.8) is 0 Å². The molecular formula is C16H14BrFN2. The number of benzene rings is 2. The van der Waals surface area contributed by atoms with Gasteiger partial charge in [0, 0.05) is 11.3 Å². The van der Waals surface area contributed by atoms with Gasteiger partial charge in [-0.2, -0.15) is 0 Å². The molecule has 0 unspecified atom stereocenters. The van der Waals surface area contributed by atoms with E-state index in [1.165, 1.54) is 24.5 Å². The molecule has 2 aromatic carbocycles. The zero-order valence-electron chi connectivity index (χ0n) is 10.8. The van der Waals surface area contributed by atoms with E-state index in [1.54, 1.807) is 12.1 Å². The minimum atomic E-state index is -0.363. The van der Waals surface area contributed by atoms with E-state index in [1.807, 2.05) is 12.1 Å². The zero-order valence-corrected chi connectivity index (χ0v) is 12.4. The third kappa shape index (κ3) is 2.90. The van der Waals surface area contributed by atoms with Crippen molar-refractivity contribution in [1.29, 1.82) is 5.41 Å². The molecule has 0 aliphatic heterocycles. The summed E-state index contributed by atoms with van der Waals surface area (Å²) in [5.74, 6) is 0.553. The molecule has 1 fully saturated rings. The summed E-state index contributed by atoms with van der Waals surface area (Å²) in [5.41, 5.74) is 2.73. The Kier molecular flexibility index (Phi) is 3.57. The third-order valence-electron chi connectivity index (χ3n) is 3.44. The van der Waals surface area contributed by atoms with Crippen LogP contribution < -0.4 is 5.32 Å². The average Bonchev–Trinajstić information content (AvgIpc) is 3.27. The summed E-state index contributed by atoms with van der Waals surface area (Å²) < 4.78 is 13.9. The number of nitrogens with one attached hydrogen (secondary N) is 2. The number of hydrogen-bond acceptors (Lipinski definition) is 1. The molecule has 2 nitrogen and oxygen atoms in total. The highest BCUT2D eigenvalue weighted by Gasteiger charge is 2.22. The van der Waals surface area contributed by atoms with Crippen LogP contribution in [0.5, 0.6) is 0 Å². The molecule has 102 valence electrons. The van der Waals surface area contributed by atoms with Gasteiger partial charge in [-0.15, -0.1) is 0 Å². The largest absolute Gasteiger partial charge is 0.340 e. The lowest BCUT2D eigenvalue weighted by Gasteiger charge is -2.09. The lowest BCUT2D eigenvalue weighted by Crippen LogP contribution is -2.12. The van der Waals surface area contributed by atoms with Crippen LogP contribution in [0.4, 0.5) is 10.1 Å². The van der Waals surface area contributed by atoms with E-state index in [9.17, 15) is 4.39 Å². The number of rotatable bonds is 3. The van der Waals surface area contributed by atoms with Gasteiger partial charge in [-0.25, -0.2) is 4.39 Å². The number of anilines is 1. The molecule has 1 aliphatic rings. The Labute approximate surface area is 125 Å². The molecule has 2 N–H and O–H groups in total. The normalized spacial score (nSPS) is 14.1. The van der Waals surface area contributed by atoms with Crippen molar-refractivity contribution in [3.8, 4) is 0 Å². The van der Waals surface area contributed by atoms with Crippen LogP contribution in [0.1, 0.15) is 29.9 Å². The molecule has 1 saturated carbocycles. The van der Waals surface area contributed by atoms with Gasteiger partial charge in [0.2, 0.25) is 0 Å². The van der Waals surface area contributed by atoms with E-state index in [2.05, 4.69) is 33.4 Å². The van der Waals surface area contributed by atoms with Gasteiger partial charge in [-0.1, -0.05) is 12.1 Å². The molecule has 20 heavy (non-hydrogen) atoms. The van der Waals surface area contributed by atoms with Gasteiger partial charge in [0.1, 0.15) is 11.7 Å². The van der Waals surface area contributed by atoms with E-state index in [0.717, 1.165) is 11.6 Å². The Morgan fingerprint density at radius 2 is 1.85 bits per heavy atom. The number of hydrogen-bond donors (Lipinski definition) is 2. The molecule has 4 heteroatoms. The summed E-state index contributed by atoms with van der Waals surface area (Å²) >= 11 is 3.11. The van der Waals surface area contributed by atoms with Gasteiger partial charge in [0.25, 0.3) is 0 Å². The number of amidine groups is 1. The van der Waals surface area contributed by atoms with Gasteiger partial charge >= 0.3 is 0 Å². The molecular weight excluding hydrogens is 319 g/mol. The lowest BCUT2D eigenvalue weighted by molar-refractivity contribution is 0.621. The maximum Gasteiger partial charge on any atom is 0.138 e. The third-order valence-corrected chi connectivity index (χ3v) is 4.08. The van der Waals surface area contributed by atoms with E-state index < -0.39 is 0 Å². The van der Waals surface area contributed by atoms with Crippen LogP contribution in [0.15, 0.2) is 46.9 Å². The fourth-order valence-corrected chi connectivity index (χ4v) is 2.37. The fraction of sp³-hybridized carbons (Fsp3) is 0.188. The van der Waals surface area contributed by atoms with Crippen LogP contribution in [-0.4, -0.2) is 5.84 Å². The molecule has 2 aromatic rings. The maximum absolute atomic E-state index is 13.5. The highest BCUT2D eigenvalue weighted by Crippen LogP contribution is 2.40. The summed E-state index contributed by atoms with van der Waals surface area (Å²) in [7, 11) is 0. The van der Waals surface area contributed by atoms with E-state index in [0.29, 0.717) is 10.0 Å². The van der Waals surface area contributed by atoms with Gasteiger partial charge in [0.15, 0.2) is 0 Å². The van der Waals surface area contributed by atoms with Gasteiger partial charge < -0.3 is 5.32 Å². The molecule has 0 saturated heterocycles. The van der Waals surface area contributed by atoms with Crippen molar-refractivity contribution in [3.05, 3.63) is 63.9 Å². The molecule has 0 bridgehead atoms. The van der Waals surface area contributed by atoms with E-state index in [-0.39, 0.29) is 11.7 Å². The van der Waals surface area contributed by atoms with Crippen molar-refractivity contribution in [2.45, 2.75) is 18.8 Å². The first-order chi connectivity index (χ1) is 9.63. The summed E-state index contributed by atoms with van der Waals surface area (Å²) in [5, 5.41) is 11.0. The zero-order chi connectivity index (χ0) is 14.1. The van der Waals surface area contributed by atoms with Crippen LogP contribution in [0.3, 0.4) is 0 Å². The van der Waals surface area contributed by atoms with Gasteiger partial charge in [0.05, 0.1) is 4.47 Å². The van der Waals surface area contributed by atoms with Gasteiger partial charge in [-0.3, -0.25) is 5.41 Å². The lowest BCUT2D eigenvalue weighted by atomic mass is 10.1. The smallest absolute Gasteiger partial charge is 0.138 e. The molecule has 0 spiro atoms. The molecule has 0 radical (unpaired) electrons. The van der Waals surface area contributed by atoms with Crippen LogP contribution in [0.25, 0.3) is 0 Å². The van der Waals surface area contributed by atoms with Crippen molar-refractivity contribution in [1.82, 2.24) is 0 Å². The molecule has 0 heterocycles. The Balaban J connectivity index is 1.72. The predicted molar refractivity (Wildman–Crippen MR) is 83.0 cm³/mol. The fourth-order valence-electron chi connectivity index (χ4n) is 2.12. The van der Waals surface area contributed by atoms with E-state index >= 15 is 0 Å². The molecule has 3 rings (SSSR count). The first kappa shape index (κ1) is 13.3. The van der Waals surface area contributed by atoms with Crippen LogP contribution >= 0.6 is 15.9 Å². The first-order valence-electron chi connectivity index (χ1n) is 6.54. The van der Waals surface area contributed by atoms with Crippen molar-refractivity contribution in [2.24, 2.45) is 0 Å². The highest BCUT2D eigenvalue weighted by atomic mass is 79.9. The predicted octanol–water partition coefficient (Wildman–Crippen LogP) is 4.90. The molecule has 0 atom stereocenters. The quantitative estimate of drug-likeness (QED) is 0.608. The maximum atomic E-state index is 13.5. The molecule has 1 aliphatic carbocycles. The SMILES string of the molecule is N=C(Nc1ccc(C2CC2)cc1)c1ccc(Br)c(F)c1. The van der Waals surface area contributed by atoms with Crippen LogP contribution in [0, 0.1) is 11.2 Å². The minimum Gasteiger partial charge on any atom is -0.340 e. The highest BCUT2D eigenvalue weighted by molar-refractivity contribution is 9.10. The molecule has 0 amide bonds. The van der Waals surface area contributed by atoms with Crippen molar-refractivity contribution >= 4 is 27.5 Å². The monoisotopic (exact) mass is 332 g/mol. The summed E-state index contributed by atoms with van der Waals surface area (Å²) in [6.07, 6.45) is 2.56. The van der Waals surface area contributed by atoms with Crippen LogP contribution in [0.2, 0.25) is 0 Å². The Morgan fingerprint density at radius 3 is 2.45 bits per heavy atom. The van der Waals surface area contributed by atoms with Crippen LogP contribution in [-0.2, 0) is 0 Å². The second-order valence-electron chi connectivity index (χ2n) is 5.03. The first-order valence-corrected chi connectivity index (χ1v) is 7.34. The Morgan fingerprint density at radius 1 is 1.15 bits per heavy atom.